The summed E-state index contributed by atoms with van der Waals surface area (Å²) in [5.74, 6) is -1.56. The molecular formula is C34H34Cl2FN3O4S. The van der Waals surface area contributed by atoms with Crippen molar-refractivity contribution in [2.24, 2.45) is 0 Å². The molecule has 11 heteroatoms. The number of rotatable bonds is 11. The topological polar surface area (TPSA) is 86.8 Å². The molecule has 0 aliphatic rings. The van der Waals surface area contributed by atoms with E-state index in [1.165, 1.54) is 59.5 Å². The Morgan fingerprint density at radius 1 is 0.844 bits per heavy atom. The number of nitrogens with zero attached hydrogens (tertiary/aromatic N) is 2. The van der Waals surface area contributed by atoms with Crippen LogP contribution in [0.25, 0.3) is 0 Å². The van der Waals surface area contributed by atoms with Gasteiger partial charge in [0.05, 0.1) is 15.6 Å². The van der Waals surface area contributed by atoms with Crippen molar-refractivity contribution in [1.29, 1.82) is 0 Å². The number of carbonyl (C=O) groups is 2. The molecule has 0 bridgehead atoms. The molecule has 0 fully saturated rings. The standard InChI is InChI=1S/C34H34Cl2FN3O4S/c1-34(2,3)38-33(42)31(20-24-10-6-4-7-11-24)39(22-25-14-17-27(37)18-15-25)32(41)23-40(30-19-16-26(35)21-29(30)36)45(43,44)28-12-8-5-9-13-28/h4-19,21,31H,20,22-23H2,1-3H3,(H,38,42)/t31-/m0/s1. The summed E-state index contributed by atoms with van der Waals surface area (Å²) >= 11 is 12.6. The number of amides is 2. The third-order valence-corrected chi connectivity index (χ3v) is 9.14. The number of nitrogens with one attached hydrogen (secondary N) is 1. The van der Waals surface area contributed by atoms with Crippen molar-refractivity contribution in [3.05, 3.63) is 130 Å². The van der Waals surface area contributed by atoms with Crippen LogP contribution in [0.15, 0.2) is 108 Å². The highest BCUT2D eigenvalue weighted by Crippen LogP contribution is 2.33. The molecule has 0 radical (unpaired) electrons. The second-order valence-corrected chi connectivity index (χ2v) is 14.2. The maximum atomic E-state index is 14.5. The minimum atomic E-state index is -4.32. The van der Waals surface area contributed by atoms with E-state index in [-0.39, 0.29) is 33.6 Å². The van der Waals surface area contributed by atoms with E-state index in [9.17, 15) is 22.4 Å². The van der Waals surface area contributed by atoms with Crippen LogP contribution < -0.4 is 9.62 Å². The lowest BCUT2D eigenvalue weighted by Crippen LogP contribution is -2.56. The minimum Gasteiger partial charge on any atom is -0.350 e. The zero-order valence-electron chi connectivity index (χ0n) is 25.1. The van der Waals surface area contributed by atoms with E-state index in [0.29, 0.717) is 5.56 Å². The molecule has 4 aromatic carbocycles. The van der Waals surface area contributed by atoms with Gasteiger partial charge in [0.25, 0.3) is 10.0 Å². The lowest BCUT2D eigenvalue weighted by atomic mass is 10.0. The first-order chi connectivity index (χ1) is 21.2. The van der Waals surface area contributed by atoms with Crippen molar-refractivity contribution in [2.45, 2.75) is 50.2 Å². The molecule has 0 saturated heterocycles. The summed E-state index contributed by atoms with van der Waals surface area (Å²) in [4.78, 5) is 29.6. The summed E-state index contributed by atoms with van der Waals surface area (Å²) in [5.41, 5.74) is 0.751. The third-order valence-electron chi connectivity index (χ3n) is 6.82. The summed E-state index contributed by atoms with van der Waals surface area (Å²) in [6.07, 6.45) is 0.142. The molecule has 0 unspecified atom stereocenters. The van der Waals surface area contributed by atoms with Gasteiger partial charge in [-0.1, -0.05) is 83.9 Å². The van der Waals surface area contributed by atoms with Crippen LogP contribution in [-0.4, -0.2) is 43.3 Å². The maximum absolute atomic E-state index is 14.5. The van der Waals surface area contributed by atoms with E-state index in [4.69, 9.17) is 23.2 Å². The van der Waals surface area contributed by atoms with Gasteiger partial charge in [-0.05, 0) is 74.4 Å². The second kappa shape index (κ2) is 14.5. The van der Waals surface area contributed by atoms with E-state index >= 15 is 0 Å². The van der Waals surface area contributed by atoms with Gasteiger partial charge in [0.2, 0.25) is 11.8 Å². The number of halogens is 3. The molecule has 236 valence electrons. The first kappa shape index (κ1) is 34.0. The molecule has 0 aliphatic carbocycles. The first-order valence-corrected chi connectivity index (χ1v) is 16.4. The Morgan fingerprint density at radius 2 is 1.44 bits per heavy atom. The molecule has 1 atom stereocenters. The van der Waals surface area contributed by atoms with E-state index < -0.39 is 45.8 Å². The predicted octanol–water partition coefficient (Wildman–Crippen LogP) is 6.88. The fourth-order valence-electron chi connectivity index (χ4n) is 4.71. The summed E-state index contributed by atoms with van der Waals surface area (Å²) in [5, 5.41) is 3.27. The molecule has 45 heavy (non-hydrogen) atoms. The molecule has 0 saturated carbocycles. The number of sulfonamides is 1. The lowest BCUT2D eigenvalue weighted by Gasteiger charge is -2.35. The normalized spacial score (nSPS) is 12.3. The Balaban J connectivity index is 1.83. The zero-order valence-corrected chi connectivity index (χ0v) is 27.4. The lowest BCUT2D eigenvalue weighted by molar-refractivity contribution is -0.140. The fraction of sp³-hybridized carbons (Fsp3) is 0.235. The largest absolute Gasteiger partial charge is 0.350 e. The first-order valence-electron chi connectivity index (χ1n) is 14.2. The SMILES string of the molecule is CC(C)(C)NC(=O)[C@H](Cc1ccccc1)N(Cc1ccc(F)cc1)C(=O)CN(c1ccc(Cl)cc1Cl)S(=O)(=O)c1ccccc1. The Morgan fingerprint density at radius 3 is 2.02 bits per heavy atom. The van der Waals surface area contributed by atoms with Crippen LogP contribution in [0.5, 0.6) is 0 Å². The molecule has 0 heterocycles. The molecule has 7 nitrogen and oxygen atoms in total. The van der Waals surface area contributed by atoms with Gasteiger partial charge >= 0.3 is 0 Å². The van der Waals surface area contributed by atoms with Crippen LogP contribution in [0.1, 0.15) is 31.9 Å². The van der Waals surface area contributed by atoms with Crippen molar-refractivity contribution in [2.75, 3.05) is 10.8 Å². The second-order valence-electron chi connectivity index (χ2n) is 11.5. The number of anilines is 1. The molecule has 1 N–H and O–H groups in total. The predicted molar refractivity (Wildman–Crippen MR) is 176 cm³/mol. The van der Waals surface area contributed by atoms with Crippen molar-refractivity contribution in [3.63, 3.8) is 0 Å². The van der Waals surface area contributed by atoms with Crippen LogP contribution >= 0.6 is 23.2 Å². The van der Waals surface area contributed by atoms with Gasteiger partial charge < -0.3 is 10.2 Å². The van der Waals surface area contributed by atoms with Crippen LogP contribution in [0.2, 0.25) is 10.0 Å². The number of benzene rings is 4. The van der Waals surface area contributed by atoms with Gasteiger partial charge in [-0.2, -0.15) is 0 Å². The van der Waals surface area contributed by atoms with Crippen molar-refractivity contribution in [1.82, 2.24) is 10.2 Å². The van der Waals surface area contributed by atoms with Crippen molar-refractivity contribution < 1.29 is 22.4 Å². The number of carbonyl (C=O) groups excluding carboxylic acids is 2. The third kappa shape index (κ3) is 9.06. The Bertz CT molecular complexity index is 1730. The van der Waals surface area contributed by atoms with Crippen LogP contribution in [0.3, 0.4) is 0 Å². The molecule has 2 amide bonds. The average Bonchev–Trinajstić information content (AvgIpc) is 2.99. The summed E-state index contributed by atoms with van der Waals surface area (Å²) in [6, 6.07) is 25.7. The fourth-order valence-corrected chi connectivity index (χ4v) is 6.72. The average molecular weight is 671 g/mol. The molecular weight excluding hydrogens is 636 g/mol. The van der Waals surface area contributed by atoms with Crippen LogP contribution in [0.4, 0.5) is 10.1 Å². The molecule has 4 aromatic rings. The highest BCUT2D eigenvalue weighted by atomic mass is 35.5. The van der Waals surface area contributed by atoms with Gasteiger partial charge in [-0.3, -0.25) is 13.9 Å². The quantitative estimate of drug-likeness (QED) is 0.189. The highest BCUT2D eigenvalue weighted by molar-refractivity contribution is 7.92. The van der Waals surface area contributed by atoms with Gasteiger partial charge in [-0.25, -0.2) is 12.8 Å². The van der Waals surface area contributed by atoms with Crippen LogP contribution in [0, 0.1) is 5.82 Å². The van der Waals surface area contributed by atoms with E-state index in [1.807, 2.05) is 51.1 Å². The van der Waals surface area contributed by atoms with Gasteiger partial charge in [-0.15, -0.1) is 0 Å². The molecule has 0 aromatic heterocycles. The van der Waals surface area contributed by atoms with E-state index in [1.54, 1.807) is 18.2 Å². The monoisotopic (exact) mass is 669 g/mol. The Hall–Kier alpha value is -3.92. The van der Waals surface area contributed by atoms with Gasteiger partial charge in [0, 0.05) is 23.5 Å². The number of hydrogen-bond donors (Lipinski definition) is 1. The van der Waals surface area contributed by atoms with E-state index in [0.717, 1.165) is 9.87 Å². The summed E-state index contributed by atoms with van der Waals surface area (Å²) in [7, 11) is -4.32. The highest BCUT2D eigenvalue weighted by Gasteiger charge is 2.36. The van der Waals surface area contributed by atoms with Crippen LogP contribution in [-0.2, 0) is 32.6 Å². The molecule has 0 aliphatic heterocycles. The summed E-state index contributed by atoms with van der Waals surface area (Å²) < 4.78 is 42.8. The van der Waals surface area contributed by atoms with Crippen molar-refractivity contribution >= 4 is 50.7 Å². The van der Waals surface area contributed by atoms with Gasteiger partial charge in [0.1, 0.15) is 18.4 Å². The maximum Gasteiger partial charge on any atom is 0.264 e. The number of hydrogen-bond acceptors (Lipinski definition) is 4. The zero-order chi connectivity index (χ0) is 32.8. The Labute approximate surface area is 273 Å². The van der Waals surface area contributed by atoms with Gasteiger partial charge in [0.15, 0.2) is 0 Å². The Kier molecular flexibility index (Phi) is 10.9. The smallest absolute Gasteiger partial charge is 0.264 e. The summed E-state index contributed by atoms with van der Waals surface area (Å²) in [6.45, 7) is 4.70. The molecule has 4 rings (SSSR count). The minimum absolute atomic E-state index is 0.0196. The van der Waals surface area contributed by atoms with Crippen molar-refractivity contribution in [3.8, 4) is 0 Å². The molecule has 0 spiro atoms. The van der Waals surface area contributed by atoms with E-state index in [2.05, 4.69) is 5.32 Å².